The normalized spacial score (nSPS) is 20.7. The van der Waals surface area contributed by atoms with E-state index in [1.54, 1.807) is 13.8 Å². The maximum Gasteiger partial charge on any atom is 0.345 e. The van der Waals surface area contributed by atoms with Gasteiger partial charge in [0.1, 0.15) is 23.8 Å². The summed E-state index contributed by atoms with van der Waals surface area (Å²) < 4.78 is 56.1. The molecule has 1 heterocycles. The molecule has 1 aromatic rings. The summed E-state index contributed by atoms with van der Waals surface area (Å²) in [5.41, 5.74) is 4.39. The van der Waals surface area contributed by atoms with Crippen molar-refractivity contribution in [1.82, 2.24) is 9.80 Å². The Kier molecular flexibility index (Phi) is 6.63. The highest BCUT2D eigenvalue weighted by molar-refractivity contribution is 5.99. The molecule has 0 aliphatic carbocycles. The van der Waals surface area contributed by atoms with Crippen molar-refractivity contribution in [1.29, 1.82) is 0 Å². The van der Waals surface area contributed by atoms with Crippen LogP contribution in [0.5, 0.6) is 0 Å². The lowest BCUT2D eigenvalue weighted by Crippen LogP contribution is -2.45. The van der Waals surface area contributed by atoms with Gasteiger partial charge in [0, 0.05) is 25.7 Å². The molecular weight excluding hydrogens is 370 g/mol. The SMILES string of the molecule is CC1CN(C(=O)c2c(F)ccc(F)c2N)CC(C)N(C(=O)COC(F)F)C1. The Morgan fingerprint density at radius 1 is 1.19 bits per heavy atom. The number of carbonyl (C=O) groups excluding carboxylic acids is 2. The Bertz CT molecular complexity index is 717. The van der Waals surface area contributed by atoms with E-state index in [1.165, 1.54) is 9.80 Å². The number of alkyl halides is 2. The third-order valence-corrected chi connectivity index (χ3v) is 4.35. The maximum absolute atomic E-state index is 14.1. The van der Waals surface area contributed by atoms with E-state index in [2.05, 4.69) is 4.74 Å². The van der Waals surface area contributed by atoms with Crippen LogP contribution in [0.4, 0.5) is 23.2 Å². The summed E-state index contributed by atoms with van der Waals surface area (Å²) in [6, 6.07) is 1.12. The van der Waals surface area contributed by atoms with Crippen LogP contribution in [0.15, 0.2) is 12.1 Å². The minimum atomic E-state index is -3.06. The number of rotatable bonds is 4. The van der Waals surface area contributed by atoms with Crippen LogP contribution >= 0.6 is 0 Å². The minimum Gasteiger partial charge on any atom is -0.396 e. The van der Waals surface area contributed by atoms with E-state index in [9.17, 15) is 27.2 Å². The van der Waals surface area contributed by atoms with E-state index in [4.69, 9.17) is 5.73 Å². The molecule has 1 aliphatic heterocycles. The van der Waals surface area contributed by atoms with Crippen LogP contribution in [0.1, 0.15) is 24.2 Å². The molecule has 6 nitrogen and oxygen atoms in total. The number of hydrogen-bond donors (Lipinski definition) is 1. The highest BCUT2D eigenvalue weighted by Crippen LogP contribution is 2.24. The van der Waals surface area contributed by atoms with Crippen molar-refractivity contribution in [2.75, 3.05) is 32.0 Å². The summed E-state index contributed by atoms with van der Waals surface area (Å²) in [6.45, 7) is -0.0876. The van der Waals surface area contributed by atoms with Gasteiger partial charge in [-0.1, -0.05) is 6.92 Å². The minimum absolute atomic E-state index is 0.0129. The molecule has 2 atom stereocenters. The lowest BCUT2D eigenvalue weighted by Gasteiger charge is -2.29. The number of amides is 2. The average molecular weight is 391 g/mol. The average Bonchev–Trinajstić information content (AvgIpc) is 2.74. The second-order valence-corrected chi connectivity index (χ2v) is 6.60. The number of halogens is 4. The van der Waals surface area contributed by atoms with Gasteiger partial charge in [-0.15, -0.1) is 0 Å². The molecule has 2 rings (SSSR count). The lowest BCUT2D eigenvalue weighted by atomic mass is 10.1. The van der Waals surface area contributed by atoms with E-state index in [0.717, 1.165) is 12.1 Å². The van der Waals surface area contributed by atoms with Crippen molar-refractivity contribution >= 4 is 17.5 Å². The Morgan fingerprint density at radius 2 is 1.81 bits per heavy atom. The molecule has 2 amide bonds. The molecule has 1 saturated heterocycles. The molecule has 0 saturated carbocycles. The van der Waals surface area contributed by atoms with E-state index in [0.29, 0.717) is 0 Å². The third-order valence-electron chi connectivity index (χ3n) is 4.35. The number of benzene rings is 1. The first-order valence-electron chi connectivity index (χ1n) is 8.33. The molecule has 0 radical (unpaired) electrons. The zero-order chi connectivity index (χ0) is 20.3. The Balaban J connectivity index is 2.20. The first-order valence-corrected chi connectivity index (χ1v) is 8.33. The van der Waals surface area contributed by atoms with Gasteiger partial charge in [-0.2, -0.15) is 8.78 Å². The highest BCUT2D eigenvalue weighted by atomic mass is 19.3. The Labute approximate surface area is 153 Å². The van der Waals surface area contributed by atoms with Crippen molar-refractivity contribution in [3.63, 3.8) is 0 Å². The zero-order valence-electron chi connectivity index (χ0n) is 14.9. The van der Waals surface area contributed by atoms with Crippen LogP contribution in [0, 0.1) is 17.6 Å². The molecule has 27 heavy (non-hydrogen) atoms. The van der Waals surface area contributed by atoms with Gasteiger partial charge >= 0.3 is 6.61 Å². The molecule has 2 N–H and O–H groups in total. The van der Waals surface area contributed by atoms with Crippen LogP contribution in [-0.4, -0.2) is 60.5 Å². The summed E-state index contributed by atoms with van der Waals surface area (Å²) in [4.78, 5) is 27.5. The van der Waals surface area contributed by atoms with Crippen molar-refractivity contribution in [2.45, 2.75) is 26.5 Å². The van der Waals surface area contributed by atoms with Crippen molar-refractivity contribution in [2.24, 2.45) is 5.92 Å². The van der Waals surface area contributed by atoms with Gasteiger partial charge in [0.15, 0.2) is 0 Å². The molecule has 0 bridgehead atoms. The fourth-order valence-corrected chi connectivity index (χ4v) is 3.12. The first kappa shape index (κ1) is 20.9. The van der Waals surface area contributed by atoms with Crippen LogP contribution in [0.3, 0.4) is 0 Å². The smallest absolute Gasteiger partial charge is 0.345 e. The highest BCUT2D eigenvalue weighted by Gasteiger charge is 2.33. The van der Waals surface area contributed by atoms with Gasteiger partial charge < -0.3 is 20.3 Å². The van der Waals surface area contributed by atoms with E-state index >= 15 is 0 Å². The van der Waals surface area contributed by atoms with E-state index in [-0.39, 0.29) is 25.6 Å². The molecule has 0 aromatic heterocycles. The standard InChI is InChI=1S/C17H21F4N3O3/c1-9-5-23(16(26)14-11(18)3-4-12(19)15(14)22)7-10(2)24(6-9)13(25)8-27-17(20)21/h3-4,9-10,17H,5-8,22H2,1-2H3. The van der Waals surface area contributed by atoms with Crippen molar-refractivity contribution < 1.29 is 31.9 Å². The van der Waals surface area contributed by atoms with E-state index < -0.39 is 54.0 Å². The van der Waals surface area contributed by atoms with Crippen LogP contribution < -0.4 is 5.73 Å². The summed E-state index contributed by atoms with van der Waals surface area (Å²) >= 11 is 0. The topological polar surface area (TPSA) is 75.9 Å². The number of hydrogen-bond acceptors (Lipinski definition) is 4. The Morgan fingerprint density at radius 3 is 2.44 bits per heavy atom. The third kappa shape index (κ3) is 4.88. The first-order chi connectivity index (χ1) is 12.6. The van der Waals surface area contributed by atoms with Crippen LogP contribution in [-0.2, 0) is 9.53 Å². The summed E-state index contributed by atoms with van der Waals surface area (Å²) in [5.74, 6) is -3.51. The van der Waals surface area contributed by atoms with E-state index in [1.807, 2.05) is 0 Å². The van der Waals surface area contributed by atoms with Crippen molar-refractivity contribution in [3.8, 4) is 0 Å². The predicted molar refractivity (Wildman–Crippen MR) is 89.0 cm³/mol. The summed E-state index contributed by atoms with van der Waals surface area (Å²) in [6.07, 6.45) is 0. The summed E-state index contributed by atoms with van der Waals surface area (Å²) in [7, 11) is 0. The van der Waals surface area contributed by atoms with Gasteiger partial charge in [0.25, 0.3) is 5.91 Å². The quantitative estimate of drug-likeness (QED) is 0.630. The molecule has 1 aromatic carbocycles. The van der Waals surface area contributed by atoms with Crippen LogP contribution in [0.2, 0.25) is 0 Å². The van der Waals surface area contributed by atoms with Gasteiger partial charge in [0.2, 0.25) is 5.91 Å². The number of ether oxygens (including phenoxy) is 1. The summed E-state index contributed by atoms with van der Waals surface area (Å²) in [5, 5.41) is 0. The van der Waals surface area contributed by atoms with Gasteiger partial charge in [-0.3, -0.25) is 9.59 Å². The lowest BCUT2D eigenvalue weighted by molar-refractivity contribution is -0.161. The number of carbonyl (C=O) groups is 2. The van der Waals surface area contributed by atoms with Gasteiger partial charge in [0.05, 0.1) is 5.69 Å². The molecule has 150 valence electrons. The second kappa shape index (κ2) is 8.55. The largest absolute Gasteiger partial charge is 0.396 e. The molecule has 1 aliphatic rings. The molecule has 0 spiro atoms. The molecule has 1 fully saturated rings. The number of nitrogen functional groups attached to an aromatic ring is 1. The van der Waals surface area contributed by atoms with Gasteiger partial charge in [-0.25, -0.2) is 8.78 Å². The second-order valence-electron chi connectivity index (χ2n) is 6.60. The van der Waals surface area contributed by atoms with Gasteiger partial charge in [-0.05, 0) is 25.0 Å². The molecule has 10 heteroatoms. The number of nitrogens with two attached hydrogens (primary N) is 1. The zero-order valence-corrected chi connectivity index (χ0v) is 14.9. The number of nitrogens with zero attached hydrogens (tertiary/aromatic N) is 2. The number of anilines is 1. The Hall–Kier alpha value is -2.36. The fourth-order valence-electron chi connectivity index (χ4n) is 3.12. The maximum atomic E-state index is 14.1. The molecular formula is C17H21F4N3O3. The monoisotopic (exact) mass is 391 g/mol. The molecule has 2 unspecified atom stereocenters. The van der Waals surface area contributed by atoms with Crippen molar-refractivity contribution in [3.05, 3.63) is 29.3 Å². The fraction of sp³-hybridized carbons (Fsp3) is 0.529. The van der Waals surface area contributed by atoms with Crippen LogP contribution in [0.25, 0.3) is 0 Å². The predicted octanol–water partition coefficient (Wildman–Crippen LogP) is 2.10.